The van der Waals surface area contributed by atoms with Crippen LogP contribution in [0.4, 0.5) is 0 Å². The van der Waals surface area contributed by atoms with Gasteiger partial charge in [0.15, 0.2) is 0 Å². The van der Waals surface area contributed by atoms with Gasteiger partial charge in [0.1, 0.15) is 5.75 Å². The van der Waals surface area contributed by atoms with Crippen molar-refractivity contribution in [3.05, 3.63) is 29.7 Å². The predicted octanol–water partition coefficient (Wildman–Crippen LogP) is 3.04. The number of ether oxygens (including phenoxy) is 1. The minimum Gasteiger partial charge on any atom is -0.497 e. The number of hydrogen-bond acceptors (Lipinski definition) is 3. The molecule has 1 aromatic rings. The number of aliphatic hydroxyl groups is 1. The molecular formula is C17H27NO2. The van der Waals surface area contributed by atoms with Gasteiger partial charge in [0.05, 0.1) is 18.2 Å². The topological polar surface area (TPSA) is 32.7 Å². The van der Waals surface area contributed by atoms with Crippen LogP contribution in [0, 0.1) is 0 Å². The minimum atomic E-state index is -2.40. The molecule has 1 N–H and O–H groups in total. The van der Waals surface area contributed by atoms with Gasteiger partial charge in [-0.15, -0.1) is 0 Å². The molecule has 1 aliphatic carbocycles. The van der Waals surface area contributed by atoms with Crippen LogP contribution in [0.5, 0.6) is 5.75 Å². The highest BCUT2D eigenvalue weighted by molar-refractivity contribution is 5.31. The first kappa shape index (κ1) is 8.40. The lowest BCUT2D eigenvalue weighted by Gasteiger charge is -2.40. The van der Waals surface area contributed by atoms with Crippen molar-refractivity contribution in [2.45, 2.75) is 43.6 Å². The summed E-state index contributed by atoms with van der Waals surface area (Å²) in [6.07, 6.45) is 3.35. The largest absolute Gasteiger partial charge is 0.497 e. The number of nitrogens with zero attached hydrogens (tertiary/aromatic N) is 1. The van der Waals surface area contributed by atoms with Gasteiger partial charge in [0.2, 0.25) is 0 Å². The zero-order valence-corrected chi connectivity index (χ0v) is 12.1. The van der Waals surface area contributed by atoms with Crippen molar-refractivity contribution in [3.8, 4) is 5.75 Å². The summed E-state index contributed by atoms with van der Waals surface area (Å²) in [4.78, 5) is 1.11. The molecule has 1 aromatic carbocycles. The van der Waals surface area contributed by atoms with Gasteiger partial charge in [-0.3, -0.25) is 0 Å². The van der Waals surface area contributed by atoms with Crippen molar-refractivity contribution in [1.82, 2.24) is 4.90 Å². The van der Waals surface area contributed by atoms with Crippen LogP contribution in [0.15, 0.2) is 24.2 Å². The second-order valence-electron chi connectivity index (χ2n) is 5.54. The average Bonchev–Trinajstić information content (AvgIpc) is 2.59. The Bertz CT molecular complexity index is 658. The summed E-state index contributed by atoms with van der Waals surface area (Å²) in [6.45, 7) is -2.50. The maximum Gasteiger partial charge on any atom is 0.118 e. The van der Waals surface area contributed by atoms with Crippen molar-refractivity contribution in [3.63, 3.8) is 0 Å². The van der Waals surface area contributed by atoms with E-state index < -0.39 is 18.5 Å². The molecule has 112 valence electrons. The van der Waals surface area contributed by atoms with Crippen LogP contribution in [-0.4, -0.2) is 43.3 Å². The first-order valence-electron chi connectivity index (χ1n) is 10.5. The molecule has 0 unspecified atom stereocenters. The van der Waals surface area contributed by atoms with Gasteiger partial charge in [0.25, 0.3) is 0 Å². The summed E-state index contributed by atoms with van der Waals surface area (Å²) in [5.41, 5.74) is -1.23. The van der Waals surface area contributed by atoms with Gasteiger partial charge in [-0.25, -0.2) is 0 Å². The van der Waals surface area contributed by atoms with E-state index >= 15 is 0 Å². The zero-order valence-electron chi connectivity index (χ0n) is 19.1. The molecular weight excluding hydrogens is 250 g/mol. The highest BCUT2D eigenvalue weighted by Gasteiger charge is 2.38. The van der Waals surface area contributed by atoms with Gasteiger partial charge in [-0.1, -0.05) is 31.3 Å². The second-order valence-corrected chi connectivity index (χ2v) is 5.54. The maximum atomic E-state index is 11.3. The number of rotatable bonds is 5. The van der Waals surface area contributed by atoms with E-state index in [0.717, 1.165) is 24.2 Å². The highest BCUT2D eigenvalue weighted by atomic mass is 16.5. The third-order valence-electron chi connectivity index (χ3n) is 4.00. The first-order valence-corrected chi connectivity index (χ1v) is 7.02. The first-order chi connectivity index (χ1) is 12.4. The van der Waals surface area contributed by atoms with E-state index in [9.17, 15) is 5.11 Å². The Kier molecular flexibility index (Phi) is 2.77. The molecule has 0 radical (unpaired) electrons. The van der Waals surface area contributed by atoms with Crippen molar-refractivity contribution < 1.29 is 19.4 Å². The van der Waals surface area contributed by atoms with E-state index in [4.69, 9.17) is 14.3 Å². The lowest BCUT2D eigenvalue weighted by atomic mass is 9.72. The summed E-state index contributed by atoms with van der Waals surface area (Å²) in [6, 6.07) is -1.24. The molecule has 2 rings (SSSR count). The Balaban J connectivity index is 2.64. The van der Waals surface area contributed by atoms with E-state index in [2.05, 4.69) is 0 Å². The van der Waals surface area contributed by atoms with Gasteiger partial charge in [-0.2, -0.15) is 0 Å². The summed E-state index contributed by atoms with van der Waals surface area (Å²) >= 11 is 0. The molecule has 1 atom stereocenters. The van der Waals surface area contributed by atoms with Gasteiger partial charge in [0, 0.05) is 16.6 Å². The van der Waals surface area contributed by atoms with Crippen LogP contribution >= 0.6 is 0 Å². The Morgan fingerprint density at radius 1 is 1.35 bits per heavy atom. The van der Waals surface area contributed by atoms with Gasteiger partial charge >= 0.3 is 0 Å². The van der Waals surface area contributed by atoms with Crippen LogP contribution in [0.25, 0.3) is 0 Å². The lowest BCUT2D eigenvalue weighted by Crippen LogP contribution is -2.42. The van der Waals surface area contributed by atoms with Gasteiger partial charge in [-0.05, 0) is 44.5 Å². The fraction of sp³-hybridized carbons (Fsp3) is 0.647. The number of likely N-dealkylation sites (N-methyl/N-ethyl adjacent to an activating group) is 1. The molecule has 1 saturated carbocycles. The van der Waals surface area contributed by atoms with Gasteiger partial charge < -0.3 is 14.7 Å². The zero-order chi connectivity index (χ0) is 20.6. The minimum absolute atomic E-state index is 0.0475. The van der Waals surface area contributed by atoms with Crippen molar-refractivity contribution in [2.75, 3.05) is 27.7 Å². The fourth-order valence-electron chi connectivity index (χ4n) is 2.90. The molecule has 0 amide bonds. The Labute approximate surface area is 132 Å². The molecule has 0 saturated heterocycles. The maximum absolute atomic E-state index is 11.3. The Morgan fingerprint density at radius 3 is 2.55 bits per heavy atom. The quantitative estimate of drug-likeness (QED) is 0.902. The number of methoxy groups -OCH3 is 1. The summed E-state index contributed by atoms with van der Waals surface area (Å²) < 4.78 is 60.8. The summed E-state index contributed by atoms with van der Waals surface area (Å²) in [5, 5.41) is 11.3. The van der Waals surface area contributed by atoms with E-state index in [1.54, 1.807) is 0 Å². The van der Waals surface area contributed by atoms with E-state index in [1.807, 2.05) is 0 Å². The van der Waals surface area contributed by atoms with Crippen molar-refractivity contribution in [2.24, 2.45) is 0 Å². The molecule has 0 aliphatic heterocycles. The third kappa shape index (κ3) is 3.53. The lowest BCUT2D eigenvalue weighted by molar-refractivity contribution is -0.0277. The van der Waals surface area contributed by atoms with Crippen LogP contribution in [0.2, 0.25) is 0 Å². The van der Waals surface area contributed by atoms with Crippen molar-refractivity contribution >= 4 is 0 Å². The van der Waals surface area contributed by atoms with E-state index in [1.165, 1.54) is 14.2 Å². The molecule has 0 spiro atoms. The van der Waals surface area contributed by atoms with E-state index in [-0.39, 0.29) is 42.0 Å². The van der Waals surface area contributed by atoms with Crippen LogP contribution < -0.4 is 4.74 Å². The molecule has 20 heavy (non-hydrogen) atoms. The average molecular weight is 284 g/mol. The third-order valence-corrected chi connectivity index (χ3v) is 4.00. The van der Waals surface area contributed by atoms with Crippen LogP contribution in [0.3, 0.4) is 0 Å². The monoisotopic (exact) mass is 284 g/mol. The molecule has 0 aromatic heterocycles. The standard InChI is InChI=1S/C17H27NO2/c1-18(2)13-16(17(19)11-5-4-6-12-17)14-7-9-15(20-3)10-8-14/h7-10,16,19H,4-6,11-13H2,1-3H3/t16-/m1/s1/i1D3,7D,8D,9D,10D. The second kappa shape index (κ2) is 6.59. The highest BCUT2D eigenvalue weighted by Crippen LogP contribution is 2.40. The summed E-state index contributed by atoms with van der Waals surface area (Å²) in [7, 11) is 2.69. The molecule has 1 aliphatic rings. The Morgan fingerprint density at radius 2 is 2.00 bits per heavy atom. The van der Waals surface area contributed by atoms with E-state index in [0.29, 0.717) is 12.8 Å². The van der Waals surface area contributed by atoms with Crippen molar-refractivity contribution in [1.29, 1.82) is 0 Å². The van der Waals surface area contributed by atoms with Crippen LogP contribution in [0.1, 0.15) is 53.2 Å². The Hall–Kier alpha value is -1.06. The molecule has 1 fully saturated rings. The predicted molar refractivity (Wildman–Crippen MR) is 82.3 cm³/mol. The molecule has 0 bridgehead atoms. The normalized spacial score (nSPS) is 25.5. The fourth-order valence-corrected chi connectivity index (χ4v) is 2.90. The number of hydrogen-bond donors (Lipinski definition) is 1. The molecule has 3 nitrogen and oxygen atoms in total. The smallest absolute Gasteiger partial charge is 0.118 e. The van der Waals surface area contributed by atoms with Crippen LogP contribution in [-0.2, 0) is 0 Å². The summed E-state index contributed by atoms with van der Waals surface area (Å²) in [5.74, 6) is -1.02. The molecule has 0 heterocycles. The SMILES string of the molecule is [2H]c1c([2H])c([C@@H](CN(C)C([2H])([2H])[2H])C2(O)CCCCC2)c([2H])c([2H])c1OC. The molecule has 3 heteroatoms. The number of benzene rings is 1.